The molecular weight excluding hydrogens is 376 g/mol. The van der Waals surface area contributed by atoms with Gasteiger partial charge in [-0.15, -0.1) is 12.4 Å². The van der Waals surface area contributed by atoms with E-state index in [1.165, 1.54) is 10.4 Å². The highest BCUT2D eigenvalue weighted by Crippen LogP contribution is 2.22. The quantitative estimate of drug-likeness (QED) is 0.775. The first kappa shape index (κ1) is 21.2. The highest BCUT2D eigenvalue weighted by molar-refractivity contribution is 7.89. The van der Waals surface area contributed by atoms with E-state index in [9.17, 15) is 13.2 Å². The molecule has 148 valence electrons. The minimum absolute atomic E-state index is 0. The summed E-state index contributed by atoms with van der Waals surface area (Å²) in [5.74, 6) is 0.225. The van der Waals surface area contributed by atoms with Gasteiger partial charge in [0.15, 0.2) is 0 Å². The van der Waals surface area contributed by atoms with E-state index in [2.05, 4.69) is 10.6 Å². The molecule has 2 saturated heterocycles. The number of aryl methyl sites for hydroxylation is 1. The fourth-order valence-electron chi connectivity index (χ4n) is 3.58. The van der Waals surface area contributed by atoms with Gasteiger partial charge >= 0.3 is 0 Å². The molecule has 0 saturated carbocycles. The topological polar surface area (TPSA) is 83.4 Å². The number of piperidine rings is 2. The second kappa shape index (κ2) is 9.21. The number of halogens is 1. The van der Waals surface area contributed by atoms with Crippen LogP contribution in [0.15, 0.2) is 17.2 Å². The number of hydrogen-bond acceptors (Lipinski definition) is 4. The first-order valence-electron chi connectivity index (χ1n) is 9.14. The Balaban J connectivity index is 0.00000243. The Kier molecular flexibility index (Phi) is 7.52. The van der Waals surface area contributed by atoms with E-state index >= 15 is 0 Å². The van der Waals surface area contributed by atoms with Crippen LogP contribution in [-0.4, -0.2) is 55.9 Å². The summed E-state index contributed by atoms with van der Waals surface area (Å²) in [5.41, 5.74) is 0.388. The number of nitrogens with one attached hydrogen (secondary N) is 2. The Hall–Kier alpha value is -1.09. The second-order valence-electron chi connectivity index (χ2n) is 7.06. The first-order chi connectivity index (χ1) is 12.0. The maximum absolute atomic E-state index is 12.8. The van der Waals surface area contributed by atoms with E-state index in [0.717, 1.165) is 45.2 Å². The number of carbonyl (C=O) groups is 1. The molecule has 0 aromatic carbocycles. The molecule has 7 nitrogen and oxygen atoms in total. The molecule has 3 heterocycles. The molecule has 1 aromatic heterocycles. The molecule has 2 fully saturated rings. The number of nitrogens with zero attached hydrogens (tertiary/aromatic N) is 2. The molecule has 2 aliphatic heterocycles. The van der Waals surface area contributed by atoms with Gasteiger partial charge < -0.3 is 15.2 Å². The van der Waals surface area contributed by atoms with E-state index in [1.807, 2.05) is 0 Å². The van der Waals surface area contributed by atoms with E-state index in [4.69, 9.17) is 0 Å². The van der Waals surface area contributed by atoms with Gasteiger partial charge in [-0.25, -0.2) is 8.42 Å². The fourth-order valence-corrected chi connectivity index (χ4v) is 5.17. The maximum Gasteiger partial charge on any atom is 0.267 e. The lowest BCUT2D eigenvalue weighted by molar-refractivity contribution is 0.0936. The van der Waals surface area contributed by atoms with Crippen molar-refractivity contribution in [2.45, 2.75) is 37.0 Å². The highest BCUT2D eigenvalue weighted by Gasteiger charge is 2.28. The van der Waals surface area contributed by atoms with Gasteiger partial charge in [0.1, 0.15) is 10.6 Å². The van der Waals surface area contributed by atoms with Crippen LogP contribution in [0.2, 0.25) is 0 Å². The Morgan fingerprint density at radius 2 is 2.00 bits per heavy atom. The lowest BCUT2D eigenvalue weighted by atomic mass is 10.00. The van der Waals surface area contributed by atoms with Crippen LogP contribution >= 0.6 is 12.4 Å². The van der Waals surface area contributed by atoms with Gasteiger partial charge in [0.05, 0.1) is 0 Å². The van der Waals surface area contributed by atoms with Crippen LogP contribution in [0.25, 0.3) is 0 Å². The molecule has 3 rings (SSSR count). The summed E-state index contributed by atoms with van der Waals surface area (Å²) < 4.78 is 28.6. The van der Waals surface area contributed by atoms with Crippen molar-refractivity contribution in [3.63, 3.8) is 0 Å². The van der Waals surface area contributed by atoms with Crippen molar-refractivity contribution in [2.75, 3.05) is 32.7 Å². The highest BCUT2D eigenvalue weighted by atomic mass is 35.5. The van der Waals surface area contributed by atoms with Gasteiger partial charge in [-0.05, 0) is 50.8 Å². The summed E-state index contributed by atoms with van der Waals surface area (Å²) in [7, 11) is -1.80. The van der Waals surface area contributed by atoms with Crippen LogP contribution in [-0.2, 0) is 17.1 Å². The number of amides is 1. The molecule has 0 aliphatic carbocycles. The fraction of sp³-hybridized carbons (Fsp3) is 0.706. The zero-order valence-corrected chi connectivity index (χ0v) is 16.9. The van der Waals surface area contributed by atoms with Crippen LogP contribution in [0.3, 0.4) is 0 Å². The summed E-state index contributed by atoms with van der Waals surface area (Å²) in [6.07, 6.45) is 6.65. The molecule has 2 aliphatic rings. The Morgan fingerprint density at radius 1 is 1.27 bits per heavy atom. The minimum Gasteiger partial charge on any atom is -0.350 e. The van der Waals surface area contributed by atoms with Gasteiger partial charge in [0, 0.05) is 32.9 Å². The molecule has 0 spiro atoms. The molecular formula is C17H29ClN4O3S. The molecule has 1 aromatic rings. The number of carbonyl (C=O) groups excluding carboxylic acids is 1. The molecule has 9 heteroatoms. The van der Waals surface area contributed by atoms with Crippen molar-refractivity contribution in [1.29, 1.82) is 0 Å². The predicted molar refractivity (Wildman–Crippen MR) is 103 cm³/mol. The number of rotatable bonds is 5. The third-order valence-electron chi connectivity index (χ3n) is 5.12. The van der Waals surface area contributed by atoms with Crippen molar-refractivity contribution in [1.82, 2.24) is 19.5 Å². The molecule has 1 amide bonds. The van der Waals surface area contributed by atoms with Crippen LogP contribution in [0.5, 0.6) is 0 Å². The van der Waals surface area contributed by atoms with Gasteiger partial charge in [-0.3, -0.25) is 4.79 Å². The molecule has 1 unspecified atom stereocenters. The van der Waals surface area contributed by atoms with E-state index < -0.39 is 10.0 Å². The summed E-state index contributed by atoms with van der Waals surface area (Å²) >= 11 is 0. The van der Waals surface area contributed by atoms with Gasteiger partial charge in [-0.1, -0.05) is 6.42 Å². The van der Waals surface area contributed by atoms with Crippen molar-refractivity contribution in [3.05, 3.63) is 18.0 Å². The summed E-state index contributed by atoms with van der Waals surface area (Å²) in [6.45, 7) is 3.70. The van der Waals surface area contributed by atoms with Crippen LogP contribution in [0.1, 0.15) is 42.6 Å². The monoisotopic (exact) mass is 404 g/mol. The van der Waals surface area contributed by atoms with Gasteiger partial charge in [0.2, 0.25) is 10.0 Å². The predicted octanol–water partition coefficient (Wildman–Crippen LogP) is 1.35. The smallest absolute Gasteiger partial charge is 0.267 e. The van der Waals surface area contributed by atoms with E-state index in [0.29, 0.717) is 31.2 Å². The molecule has 0 radical (unpaired) electrons. The summed E-state index contributed by atoms with van der Waals surface area (Å²) in [4.78, 5) is 12.7. The van der Waals surface area contributed by atoms with Gasteiger partial charge in [-0.2, -0.15) is 4.31 Å². The molecule has 1 atom stereocenters. The van der Waals surface area contributed by atoms with E-state index in [-0.39, 0.29) is 23.2 Å². The number of hydrogen-bond donors (Lipinski definition) is 2. The SMILES string of the molecule is Cl.Cn1cc(S(=O)(=O)N2CCCCC2)cc1C(=O)NCC1CCCNC1. The lowest BCUT2D eigenvalue weighted by Crippen LogP contribution is -2.38. The van der Waals surface area contributed by atoms with Crippen molar-refractivity contribution < 1.29 is 13.2 Å². The van der Waals surface area contributed by atoms with Gasteiger partial charge in [0.25, 0.3) is 5.91 Å². The zero-order valence-electron chi connectivity index (χ0n) is 15.2. The van der Waals surface area contributed by atoms with Crippen LogP contribution in [0, 0.1) is 5.92 Å². The van der Waals surface area contributed by atoms with Crippen molar-refractivity contribution >= 4 is 28.3 Å². The second-order valence-corrected chi connectivity index (χ2v) is 9.00. The zero-order chi connectivity index (χ0) is 17.9. The summed E-state index contributed by atoms with van der Waals surface area (Å²) in [6, 6.07) is 1.50. The number of sulfonamides is 1. The first-order valence-corrected chi connectivity index (χ1v) is 10.6. The maximum atomic E-state index is 12.8. The molecule has 2 N–H and O–H groups in total. The normalized spacial score (nSPS) is 21.8. The third-order valence-corrected chi connectivity index (χ3v) is 6.98. The average molecular weight is 405 g/mol. The van der Waals surface area contributed by atoms with E-state index in [1.54, 1.807) is 17.8 Å². The molecule has 0 bridgehead atoms. The Labute approximate surface area is 162 Å². The number of aromatic nitrogens is 1. The largest absolute Gasteiger partial charge is 0.350 e. The third kappa shape index (κ3) is 4.79. The van der Waals surface area contributed by atoms with Crippen molar-refractivity contribution in [3.8, 4) is 0 Å². The Bertz CT molecular complexity index is 708. The van der Waals surface area contributed by atoms with Crippen LogP contribution in [0.4, 0.5) is 0 Å². The standard InChI is InChI=1S/C17H28N4O3S.ClH/c1-20-13-15(25(23,24)21-8-3-2-4-9-21)10-16(20)17(22)19-12-14-6-5-7-18-11-14;/h10,13-14,18H,2-9,11-12H2,1H3,(H,19,22);1H. The lowest BCUT2D eigenvalue weighted by Gasteiger charge is -2.25. The van der Waals surface area contributed by atoms with Crippen LogP contribution < -0.4 is 10.6 Å². The molecule has 26 heavy (non-hydrogen) atoms. The summed E-state index contributed by atoms with van der Waals surface area (Å²) in [5, 5.41) is 6.27. The van der Waals surface area contributed by atoms with Crippen molar-refractivity contribution in [2.24, 2.45) is 13.0 Å². The Morgan fingerprint density at radius 3 is 2.65 bits per heavy atom. The minimum atomic E-state index is -3.51. The average Bonchev–Trinajstić information content (AvgIpc) is 3.04.